The van der Waals surface area contributed by atoms with Crippen LogP contribution in [0.1, 0.15) is 36.2 Å². The van der Waals surface area contributed by atoms with Crippen LogP contribution in [0.3, 0.4) is 0 Å². The maximum atomic E-state index is 13.2. The number of piperidine rings is 1. The second-order valence-electron chi connectivity index (χ2n) is 7.65. The van der Waals surface area contributed by atoms with Crippen molar-refractivity contribution in [3.8, 4) is 0 Å². The molecule has 3 heterocycles. The number of aliphatic hydroxyl groups excluding tert-OH is 1. The highest BCUT2D eigenvalue weighted by atomic mass is 79.9. The molecule has 1 aromatic carbocycles. The number of ketones is 1. The number of nitrogens with zero attached hydrogens (tertiary/aromatic N) is 2. The lowest BCUT2D eigenvalue weighted by Gasteiger charge is -2.38. The molecular formula is C23H23BrN2O5S. The van der Waals surface area contributed by atoms with Crippen LogP contribution in [0.2, 0.25) is 0 Å². The third kappa shape index (κ3) is 4.19. The van der Waals surface area contributed by atoms with Crippen LogP contribution >= 0.6 is 27.3 Å². The molecule has 1 N–H and O–H groups in total. The fraction of sp³-hybridized carbons (Fsp3) is 0.348. The van der Waals surface area contributed by atoms with Crippen LogP contribution in [0.5, 0.6) is 0 Å². The molecule has 2 amide bonds. The zero-order valence-corrected chi connectivity index (χ0v) is 19.9. The van der Waals surface area contributed by atoms with E-state index in [4.69, 9.17) is 4.74 Å². The Hall–Kier alpha value is -2.65. The van der Waals surface area contributed by atoms with Crippen molar-refractivity contribution in [3.05, 3.63) is 62.3 Å². The predicted molar refractivity (Wildman–Crippen MR) is 124 cm³/mol. The Balaban J connectivity index is 1.68. The number of benzene rings is 1. The Bertz CT molecular complexity index is 1040. The van der Waals surface area contributed by atoms with E-state index >= 15 is 0 Å². The molecule has 2 aliphatic heterocycles. The molecule has 0 saturated carbocycles. The number of ether oxygens (including phenoxy) is 1. The number of carbonyl (C=O) groups is 3. The van der Waals surface area contributed by atoms with Crippen molar-refractivity contribution in [1.29, 1.82) is 0 Å². The molecule has 1 atom stereocenters. The molecule has 1 unspecified atom stereocenters. The Morgan fingerprint density at radius 1 is 1.19 bits per heavy atom. The summed E-state index contributed by atoms with van der Waals surface area (Å²) in [5.74, 6) is -1.48. The topological polar surface area (TPSA) is 87.2 Å². The number of likely N-dealkylation sites (tertiary alicyclic amines) is 2. The monoisotopic (exact) mass is 518 g/mol. The van der Waals surface area contributed by atoms with Gasteiger partial charge in [-0.05, 0) is 43.3 Å². The van der Waals surface area contributed by atoms with Gasteiger partial charge in [0.15, 0.2) is 0 Å². The van der Waals surface area contributed by atoms with Crippen LogP contribution in [0.25, 0.3) is 5.76 Å². The first kappa shape index (κ1) is 22.5. The van der Waals surface area contributed by atoms with Gasteiger partial charge in [0.05, 0.1) is 18.2 Å². The number of halogens is 1. The minimum atomic E-state index is -0.684. The Morgan fingerprint density at radius 3 is 2.47 bits per heavy atom. The van der Waals surface area contributed by atoms with Gasteiger partial charge in [-0.3, -0.25) is 9.59 Å². The normalized spacial score (nSPS) is 21.2. The van der Waals surface area contributed by atoms with Crippen LogP contribution in [-0.2, 0) is 14.3 Å². The standard InChI is InChI=1S/C23H23BrN2O5S/c1-2-31-23(30)25-11-9-16(10-12-25)26-19(17-4-3-13-32-17)18(21(28)22(26)29)20(27)14-5-7-15(24)8-6-14/h3-8,13,16,19,27H,2,9-12H2,1H3/b20-18-. The largest absolute Gasteiger partial charge is 0.507 e. The SMILES string of the molecule is CCOC(=O)N1CCC(N2C(=O)C(=O)/C(=C(\O)c3ccc(Br)cc3)C2c2cccs2)CC1. The van der Waals surface area contributed by atoms with E-state index in [2.05, 4.69) is 15.9 Å². The van der Waals surface area contributed by atoms with Crippen molar-refractivity contribution in [2.24, 2.45) is 0 Å². The quantitative estimate of drug-likeness (QED) is 0.364. The summed E-state index contributed by atoms with van der Waals surface area (Å²) in [6, 6.07) is 9.82. The van der Waals surface area contributed by atoms with Gasteiger partial charge in [-0.15, -0.1) is 11.3 Å². The Labute approximate surface area is 198 Å². The average molecular weight is 519 g/mol. The van der Waals surface area contributed by atoms with E-state index in [0.717, 1.165) is 9.35 Å². The molecular weight excluding hydrogens is 496 g/mol. The Morgan fingerprint density at radius 2 is 1.88 bits per heavy atom. The number of rotatable bonds is 4. The van der Waals surface area contributed by atoms with Crippen LogP contribution < -0.4 is 0 Å². The van der Waals surface area contributed by atoms with Gasteiger partial charge in [-0.1, -0.05) is 34.1 Å². The lowest BCUT2D eigenvalue weighted by Crippen LogP contribution is -2.48. The van der Waals surface area contributed by atoms with Crippen LogP contribution in [0.4, 0.5) is 4.79 Å². The molecule has 0 radical (unpaired) electrons. The fourth-order valence-corrected chi connectivity index (χ4v) is 5.35. The van der Waals surface area contributed by atoms with E-state index in [0.29, 0.717) is 38.1 Å². The number of thiophene rings is 1. The van der Waals surface area contributed by atoms with Crippen molar-refractivity contribution in [2.45, 2.75) is 31.8 Å². The average Bonchev–Trinajstić information content (AvgIpc) is 3.41. The number of hydrogen-bond donors (Lipinski definition) is 1. The van der Waals surface area contributed by atoms with Gasteiger partial charge in [0.25, 0.3) is 11.7 Å². The van der Waals surface area contributed by atoms with E-state index < -0.39 is 17.7 Å². The molecule has 2 aromatic rings. The molecule has 0 aliphatic carbocycles. The van der Waals surface area contributed by atoms with E-state index in [-0.39, 0.29) is 23.5 Å². The molecule has 1 aromatic heterocycles. The molecule has 4 rings (SSSR count). The molecule has 2 saturated heterocycles. The first-order valence-electron chi connectivity index (χ1n) is 10.4. The molecule has 2 fully saturated rings. The predicted octanol–water partition coefficient (Wildman–Crippen LogP) is 4.55. The Kier molecular flexibility index (Phi) is 6.66. The van der Waals surface area contributed by atoms with Crippen molar-refractivity contribution in [2.75, 3.05) is 19.7 Å². The summed E-state index contributed by atoms with van der Waals surface area (Å²) < 4.78 is 5.92. The smallest absolute Gasteiger partial charge is 0.409 e. The van der Waals surface area contributed by atoms with Crippen LogP contribution in [-0.4, -0.2) is 58.4 Å². The molecule has 9 heteroatoms. The summed E-state index contributed by atoms with van der Waals surface area (Å²) in [6.45, 7) is 2.95. The van der Waals surface area contributed by atoms with Crippen molar-refractivity contribution < 1.29 is 24.2 Å². The highest BCUT2D eigenvalue weighted by molar-refractivity contribution is 9.10. The molecule has 0 bridgehead atoms. The van der Waals surface area contributed by atoms with E-state index in [9.17, 15) is 19.5 Å². The number of hydrogen-bond acceptors (Lipinski definition) is 6. The summed E-state index contributed by atoms with van der Waals surface area (Å²) >= 11 is 4.81. The first-order valence-corrected chi connectivity index (χ1v) is 12.1. The lowest BCUT2D eigenvalue weighted by molar-refractivity contribution is -0.142. The van der Waals surface area contributed by atoms with Gasteiger partial charge < -0.3 is 19.6 Å². The van der Waals surface area contributed by atoms with Gasteiger partial charge in [0.1, 0.15) is 5.76 Å². The zero-order chi connectivity index (χ0) is 22.8. The van der Waals surface area contributed by atoms with Gasteiger partial charge in [0, 0.05) is 34.0 Å². The van der Waals surface area contributed by atoms with Gasteiger partial charge in [-0.25, -0.2) is 4.79 Å². The van der Waals surface area contributed by atoms with Crippen molar-refractivity contribution in [1.82, 2.24) is 9.80 Å². The minimum Gasteiger partial charge on any atom is -0.507 e. The molecule has 2 aliphatic rings. The van der Waals surface area contributed by atoms with E-state index in [1.807, 2.05) is 17.5 Å². The highest BCUT2D eigenvalue weighted by Gasteiger charge is 2.49. The fourth-order valence-electron chi connectivity index (χ4n) is 4.26. The highest BCUT2D eigenvalue weighted by Crippen LogP contribution is 2.43. The van der Waals surface area contributed by atoms with Gasteiger partial charge >= 0.3 is 6.09 Å². The summed E-state index contributed by atoms with van der Waals surface area (Å²) in [4.78, 5) is 42.3. The molecule has 7 nitrogen and oxygen atoms in total. The summed E-state index contributed by atoms with van der Waals surface area (Å²) in [5.41, 5.74) is 0.581. The number of amides is 2. The number of aliphatic hydroxyl groups is 1. The first-order chi connectivity index (χ1) is 15.4. The lowest BCUT2D eigenvalue weighted by atomic mass is 9.98. The maximum absolute atomic E-state index is 13.2. The van der Waals surface area contributed by atoms with E-state index in [1.165, 1.54) is 11.3 Å². The van der Waals surface area contributed by atoms with E-state index in [1.54, 1.807) is 41.0 Å². The molecule has 168 valence electrons. The number of Topliss-reactive ketones (excluding diaryl/α,β-unsaturated/α-hetero) is 1. The second kappa shape index (κ2) is 9.46. The molecule has 32 heavy (non-hydrogen) atoms. The minimum absolute atomic E-state index is 0.104. The zero-order valence-electron chi connectivity index (χ0n) is 17.5. The van der Waals surface area contributed by atoms with Crippen LogP contribution in [0.15, 0.2) is 51.8 Å². The van der Waals surface area contributed by atoms with Crippen molar-refractivity contribution >= 4 is 50.8 Å². The van der Waals surface area contributed by atoms with Crippen molar-refractivity contribution in [3.63, 3.8) is 0 Å². The van der Waals surface area contributed by atoms with Crippen LogP contribution in [0, 0.1) is 0 Å². The van der Waals surface area contributed by atoms with Gasteiger partial charge in [0.2, 0.25) is 0 Å². The molecule has 0 spiro atoms. The maximum Gasteiger partial charge on any atom is 0.409 e. The summed E-state index contributed by atoms with van der Waals surface area (Å²) in [7, 11) is 0. The van der Waals surface area contributed by atoms with Gasteiger partial charge in [-0.2, -0.15) is 0 Å². The third-order valence-electron chi connectivity index (χ3n) is 5.79. The summed E-state index contributed by atoms with van der Waals surface area (Å²) in [6.07, 6.45) is 0.705. The third-order valence-corrected chi connectivity index (χ3v) is 7.25. The summed E-state index contributed by atoms with van der Waals surface area (Å²) in [5, 5.41) is 12.9. The second-order valence-corrected chi connectivity index (χ2v) is 9.54. The number of carbonyl (C=O) groups excluding carboxylic acids is 3.